The quantitative estimate of drug-likeness (QED) is 0.424. The summed E-state index contributed by atoms with van der Waals surface area (Å²) in [5.74, 6) is 1.35. The molecule has 0 aromatic heterocycles. The van der Waals surface area contributed by atoms with E-state index in [2.05, 4.69) is 61.0 Å². The zero-order chi connectivity index (χ0) is 25.3. The third-order valence-electron chi connectivity index (χ3n) is 12.3. The molecule has 0 aromatic carbocycles. The average molecular weight is 474 g/mol. The summed E-state index contributed by atoms with van der Waals surface area (Å²) >= 11 is 0. The van der Waals surface area contributed by atoms with Crippen molar-refractivity contribution in [1.29, 1.82) is 0 Å². The molecule has 4 aliphatic rings. The summed E-state index contributed by atoms with van der Waals surface area (Å²) in [5.41, 5.74) is 1.08. The van der Waals surface area contributed by atoms with Crippen LogP contribution < -0.4 is 0 Å². The van der Waals surface area contributed by atoms with Gasteiger partial charge in [0.2, 0.25) is 0 Å². The second-order valence-electron chi connectivity index (χ2n) is 14.5. The van der Waals surface area contributed by atoms with Crippen LogP contribution in [0.15, 0.2) is 11.6 Å². The van der Waals surface area contributed by atoms with E-state index in [1.54, 1.807) is 0 Å². The van der Waals surface area contributed by atoms with Crippen molar-refractivity contribution < 1.29 is 14.9 Å². The van der Waals surface area contributed by atoms with Gasteiger partial charge < -0.3 is 14.9 Å². The van der Waals surface area contributed by atoms with Crippen LogP contribution in [-0.2, 0) is 4.74 Å². The zero-order valence-electron chi connectivity index (χ0n) is 23.6. The van der Waals surface area contributed by atoms with Gasteiger partial charge in [0, 0.05) is 7.11 Å². The van der Waals surface area contributed by atoms with Gasteiger partial charge >= 0.3 is 0 Å². The molecule has 4 rings (SSSR count). The monoisotopic (exact) mass is 473 g/mol. The average Bonchev–Trinajstić information content (AvgIpc) is 3.10. The molecule has 0 bridgehead atoms. The molecule has 4 aliphatic carbocycles. The van der Waals surface area contributed by atoms with Crippen LogP contribution in [-0.4, -0.2) is 35.1 Å². The Labute approximate surface area is 210 Å². The van der Waals surface area contributed by atoms with E-state index in [4.69, 9.17) is 4.74 Å². The molecule has 2 N–H and O–H groups in total. The van der Waals surface area contributed by atoms with Crippen molar-refractivity contribution in [3.05, 3.63) is 18.1 Å². The molecule has 9 unspecified atom stereocenters. The number of ether oxygens (including phenoxy) is 1. The first kappa shape index (κ1) is 26.7. The number of hydrogen-bond donors (Lipinski definition) is 2. The third kappa shape index (κ3) is 3.69. The molecule has 0 aliphatic heterocycles. The topological polar surface area (TPSA) is 49.7 Å². The number of rotatable bonds is 5. The smallest absolute Gasteiger partial charge is 0.0654 e. The van der Waals surface area contributed by atoms with Gasteiger partial charge in [-0.2, -0.15) is 0 Å². The summed E-state index contributed by atoms with van der Waals surface area (Å²) in [5, 5.41) is 23.5. The molecule has 0 heterocycles. The predicted molar refractivity (Wildman–Crippen MR) is 140 cm³/mol. The van der Waals surface area contributed by atoms with Crippen molar-refractivity contribution in [3.8, 4) is 0 Å². The van der Waals surface area contributed by atoms with Crippen LogP contribution in [0.25, 0.3) is 0 Å². The largest absolute Gasteiger partial charge is 0.393 e. The molecular formula is C31H53O3. The Balaban J connectivity index is 1.66. The number of fused-ring (bicyclic) bond motifs is 5. The Morgan fingerprint density at radius 3 is 2.38 bits per heavy atom. The van der Waals surface area contributed by atoms with Crippen molar-refractivity contribution in [2.75, 3.05) is 7.11 Å². The van der Waals surface area contributed by atoms with Crippen LogP contribution in [0.4, 0.5) is 0 Å². The molecule has 3 heteroatoms. The lowest BCUT2D eigenvalue weighted by atomic mass is 9.35. The fourth-order valence-corrected chi connectivity index (χ4v) is 10.3. The highest BCUT2D eigenvalue weighted by Crippen LogP contribution is 2.75. The van der Waals surface area contributed by atoms with Crippen molar-refractivity contribution >= 4 is 0 Å². The first-order chi connectivity index (χ1) is 15.6. The highest BCUT2D eigenvalue weighted by atomic mass is 16.5. The molecule has 0 aromatic rings. The van der Waals surface area contributed by atoms with E-state index in [-0.39, 0.29) is 39.6 Å². The number of hydrogen-bond acceptors (Lipinski definition) is 3. The first-order valence-electron chi connectivity index (χ1n) is 14.0. The lowest BCUT2D eigenvalue weighted by molar-refractivity contribution is -0.234. The van der Waals surface area contributed by atoms with Crippen LogP contribution in [0.1, 0.15) is 107 Å². The lowest BCUT2D eigenvalue weighted by Crippen LogP contribution is -2.66. The fourth-order valence-electron chi connectivity index (χ4n) is 10.3. The van der Waals surface area contributed by atoms with Crippen molar-refractivity contribution in [3.63, 3.8) is 0 Å². The van der Waals surface area contributed by atoms with Crippen molar-refractivity contribution in [2.24, 2.45) is 45.3 Å². The Morgan fingerprint density at radius 2 is 1.76 bits per heavy atom. The van der Waals surface area contributed by atoms with Gasteiger partial charge in [-0.25, -0.2) is 0 Å². The van der Waals surface area contributed by atoms with E-state index in [1.807, 2.05) is 14.0 Å². The van der Waals surface area contributed by atoms with E-state index in [0.717, 1.165) is 44.9 Å². The number of aliphatic hydroxyl groups excluding tert-OH is 1. The molecule has 10 atom stereocenters. The number of methoxy groups -OCH3 is 1. The van der Waals surface area contributed by atoms with E-state index < -0.39 is 5.60 Å². The normalized spacial score (nSPS) is 49.4. The van der Waals surface area contributed by atoms with Gasteiger partial charge in [0.1, 0.15) is 0 Å². The second kappa shape index (κ2) is 8.59. The highest BCUT2D eigenvalue weighted by molar-refractivity contribution is 5.23. The van der Waals surface area contributed by atoms with Crippen LogP contribution in [0, 0.1) is 51.8 Å². The van der Waals surface area contributed by atoms with Gasteiger partial charge in [-0.1, -0.05) is 46.3 Å². The summed E-state index contributed by atoms with van der Waals surface area (Å²) in [6, 6.07) is 0. The SMILES string of the molecule is CO[C@H]1CCC2(C)C([CH]CC3(C)C2CC(O)C2C(C(C)(O)CCC=C(C)C)CCC23C)C1(C)C. The molecule has 3 nitrogen and oxygen atoms in total. The Bertz CT molecular complexity index is 794. The minimum absolute atomic E-state index is 0.0488. The standard InChI is InChI=1S/C31H53O3/c1-20(2)11-10-15-31(8,33)21-12-17-30(7)26(21)22(32)19-24-28(5)16-14-25(34-9)27(3,4)23(28)13-18-29(24,30)6/h11,13,21-26,32-33H,10,12,14-19H2,1-9H3/t21?,22?,23?,24?,25-,26?,28?,29?,30?,31?/m0/s1. The maximum Gasteiger partial charge on any atom is 0.0654 e. The molecule has 4 fully saturated rings. The second-order valence-corrected chi connectivity index (χ2v) is 14.5. The molecule has 195 valence electrons. The molecule has 34 heavy (non-hydrogen) atoms. The first-order valence-corrected chi connectivity index (χ1v) is 14.0. The van der Waals surface area contributed by atoms with Gasteiger partial charge in [-0.05, 0) is 124 Å². The number of allylic oxidation sites excluding steroid dienone is 2. The van der Waals surface area contributed by atoms with E-state index in [0.29, 0.717) is 17.9 Å². The fraction of sp³-hybridized carbons (Fsp3) is 0.903. The summed E-state index contributed by atoms with van der Waals surface area (Å²) < 4.78 is 5.97. The Morgan fingerprint density at radius 1 is 1.09 bits per heavy atom. The molecular weight excluding hydrogens is 420 g/mol. The van der Waals surface area contributed by atoms with Crippen LogP contribution in [0.2, 0.25) is 0 Å². The third-order valence-corrected chi connectivity index (χ3v) is 12.3. The van der Waals surface area contributed by atoms with Crippen LogP contribution in [0.5, 0.6) is 0 Å². The lowest BCUT2D eigenvalue weighted by Gasteiger charge is -2.70. The summed E-state index contributed by atoms with van der Waals surface area (Å²) in [4.78, 5) is 0. The van der Waals surface area contributed by atoms with Crippen molar-refractivity contribution in [1.82, 2.24) is 0 Å². The maximum absolute atomic E-state index is 11.8. The van der Waals surface area contributed by atoms with Gasteiger partial charge in [-0.3, -0.25) is 0 Å². The molecule has 4 saturated carbocycles. The van der Waals surface area contributed by atoms with Gasteiger partial charge in [0.05, 0.1) is 17.8 Å². The summed E-state index contributed by atoms with van der Waals surface area (Å²) in [6.45, 7) is 18.7. The van der Waals surface area contributed by atoms with Crippen LogP contribution >= 0.6 is 0 Å². The van der Waals surface area contributed by atoms with E-state index in [1.165, 1.54) is 12.0 Å². The van der Waals surface area contributed by atoms with Gasteiger partial charge in [-0.15, -0.1) is 0 Å². The summed E-state index contributed by atoms with van der Waals surface area (Å²) in [7, 11) is 1.88. The summed E-state index contributed by atoms with van der Waals surface area (Å²) in [6.07, 6.45) is 13.0. The Kier molecular flexibility index (Phi) is 6.74. The Hall–Kier alpha value is -0.380. The molecule has 0 amide bonds. The van der Waals surface area contributed by atoms with Gasteiger partial charge in [0.25, 0.3) is 0 Å². The van der Waals surface area contributed by atoms with Crippen LogP contribution in [0.3, 0.4) is 0 Å². The van der Waals surface area contributed by atoms with Crippen molar-refractivity contribution in [2.45, 2.75) is 125 Å². The molecule has 1 radical (unpaired) electrons. The minimum atomic E-state index is -0.734. The zero-order valence-corrected chi connectivity index (χ0v) is 23.6. The van der Waals surface area contributed by atoms with Gasteiger partial charge in [0.15, 0.2) is 0 Å². The molecule has 0 spiro atoms. The van der Waals surface area contributed by atoms with E-state index in [9.17, 15) is 10.2 Å². The molecule has 0 saturated heterocycles. The predicted octanol–water partition coefficient (Wildman–Crippen LogP) is 6.97. The number of aliphatic hydroxyl groups is 2. The minimum Gasteiger partial charge on any atom is -0.393 e. The highest BCUT2D eigenvalue weighted by Gasteiger charge is 2.71. The van der Waals surface area contributed by atoms with E-state index >= 15 is 0 Å². The maximum atomic E-state index is 11.8.